The highest BCUT2D eigenvalue weighted by Crippen LogP contribution is 2.31. The summed E-state index contributed by atoms with van der Waals surface area (Å²) in [4.78, 5) is 0. The SMILES string of the molecule is CC(C)(C)c1ccc(F)cc1OCF. The minimum Gasteiger partial charge on any atom is -0.463 e. The smallest absolute Gasteiger partial charge is 0.228 e. The van der Waals surface area contributed by atoms with Crippen molar-refractivity contribution in [2.24, 2.45) is 0 Å². The first kappa shape index (κ1) is 11.0. The van der Waals surface area contributed by atoms with Gasteiger partial charge in [-0.1, -0.05) is 26.8 Å². The number of hydrogen-bond acceptors (Lipinski definition) is 1. The van der Waals surface area contributed by atoms with E-state index < -0.39 is 12.7 Å². The third-order valence-corrected chi connectivity index (χ3v) is 1.96. The van der Waals surface area contributed by atoms with Crippen LogP contribution in [0.5, 0.6) is 5.75 Å². The molecular weight excluding hydrogens is 186 g/mol. The van der Waals surface area contributed by atoms with Crippen LogP contribution in [0.1, 0.15) is 26.3 Å². The Hall–Kier alpha value is -1.12. The summed E-state index contributed by atoms with van der Waals surface area (Å²) in [6, 6.07) is 4.19. The summed E-state index contributed by atoms with van der Waals surface area (Å²) in [5.74, 6) is -0.138. The summed E-state index contributed by atoms with van der Waals surface area (Å²) in [7, 11) is 0. The normalized spacial score (nSPS) is 11.5. The Kier molecular flexibility index (Phi) is 3.09. The molecule has 0 saturated carbocycles. The van der Waals surface area contributed by atoms with Gasteiger partial charge in [-0.25, -0.2) is 8.78 Å². The molecule has 0 atom stereocenters. The van der Waals surface area contributed by atoms with Crippen molar-refractivity contribution in [3.63, 3.8) is 0 Å². The van der Waals surface area contributed by atoms with Crippen LogP contribution in [0.15, 0.2) is 18.2 Å². The average molecular weight is 200 g/mol. The van der Waals surface area contributed by atoms with Gasteiger partial charge in [-0.3, -0.25) is 0 Å². The van der Waals surface area contributed by atoms with Gasteiger partial charge >= 0.3 is 0 Å². The second-order valence-electron chi connectivity index (χ2n) is 4.14. The molecule has 0 aliphatic carbocycles. The van der Waals surface area contributed by atoms with Gasteiger partial charge in [-0.15, -0.1) is 0 Å². The molecule has 3 heteroatoms. The molecule has 1 aromatic carbocycles. The Balaban J connectivity index is 3.15. The van der Waals surface area contributed by atoms with Gasteiger partial charge in [-0.05, 0) is 17.0 Å². The Labute approximate surface area is 82.7 Å². The van der Waals surface area contributed by atoms with E-state index in [9.17, 15) is 8.78 Å². The van der Waals surface area contributed by atoms with Crippen molar-refractivity contribution in [1.29, 1.82) is 0 Å². The van der Waals surface area contributed by atoms with Gasteiger partial charge in [0.25, 0.3) is 0 Å². The zero-order chi connectivity index (χ0) is 10.8. The third kappa shape index (κ3) is 2.44. The standard InChI is InChI=1S/C11H14F2O/c1-11(2,3)9-5-4-8(13)6-10(9)14-7-12/h4-6H,7H2,1-3H3. The van der Waals surface area contributed by atoms with Crippen molar-refractivity contribution >= 4 is 0 Å². The molecule has 78 valence electrons. The molecular formula is C11H14F2O. The molecule has 0 aliphatic heterocycles. The molecule has 1 aromatic rings. The highest BCUT2D eigenvalue weighted by Gasteiger charge is 2.19. The molecule has 14 heavy (non-hydrogen) atoms. The number of hydrogen-bond donors (Lipinski definition) is 0. The quantitative estimate of drug-likeness (QED) is 0.710. The molecule has 0 amide bonds. The van der Waals surface area contributed by atoms with E-state index in [2.05, 4.69) is 0 Å². The van der Waals surface area contributed by atoms with E-state index in [4.69, 9.17) is 4.74 Å². The van der Waals surface area contributed by atoms with Crippen LogP contribution in [0.3, 0.4) is 0 Å². The number of benzene rings is 1. The van der Waals surface area contributed by atoms with Crippen molar-refractivity contribution in [3.05, 3.63) is 29.6 Å². The van der Waals surface area contributed by atoms with E-state index in [0.29, 0.717) is 0 Å². The Morgan fingerprint density at radius 1 is 1.29 bits per heavy atom. The van der Waals surface area contributed by atoms with E-state index in [1.165, 1.54) is 12.1 Å². The second kappa shape index (κ2) is 3.95. The summed E-state index contributed by atoms with van der Waals surface area (Å²) >= 11 is 0. The lowest BCUT2D eigenvalue weighted by Gasteiger charge is -2.21. The van der Waals surface area contributed by atoms with Crippen molar-refractivity contribution in [1.82, 2.24) is 0 Å². The predicted octanol–water partition coefficient (Wildman–Crippen LogP) is 3.43. The first-order valence-corrected chi connectivity index (χ1v) is 4.44. The maximum atomic E-state index is 12.9. The lowest BCUT2D eigenvalue weighted by atomic mass is 9.86. The average Bonchev–Trinajstić information content (AvgIpc) is 2.02. The molecule has 0 saturated heterocycles. The van der Waals surface area contributed by atoms with Crippen LogP contribution in [0.4, 0.5) is 8.78 Å². The molecule has 1 rings (SSSR count). The van der Waals surface area contributed by atoms with E-state index >= 15 is 0 Å². The summed E-state index contributed by atoms with van der Waals surface area (Å²) in [6.45, 7) is 4.95. The lowest BCUT2D eigenvalue weighted by Crippen LogP contribution is -2.13. The van der Waals surface area contributed by atoms with E-state index in [1.807, 2.05) is 20.8 Å². The fraction of sp³-hybridized carbons (Fsp3) is 0.455. The van der Waals surface area contributed by atoms with Crippen LogP contribution in [0, 0.1) is 5.82 Å². The van der Waals surface area contributed by atoms with Crippen LogP contribution in [-0.2, 0) is 5.41 Å². The number of ether oxygens (including phenoxy) is 1. The van der Waals surface area contributed by atoms with Crippen LogP contribution < -0.4 is 4.74 Å². The van der Waals surface area contributed by atoms with Gasteiger partial charge in [0.2, 0.25) is 6.86 Å². The first-order chi connectivity index (χ1) is 6.45. The largest absolute Gasteiger partial charge is 0.463 e. The molecule has 0 unspecified atom stereocenters. The van der Waals surface area contributed by atoms with Gasteiger partial charge in [0.05, 0.1) is 0 Å². The second-order valence-corrected chi connectivity index (χ2v) is 4.14. The molecule has 0 bridgehead atoms. The molecule has 1 nitrogen and oxygen atoms in total. The lowest BCUT2D eigenvalue weighted by molar-refractivity contribution is 0.187. The molecule has 0 N–H and O–H groups in total. The fourth-order valence-electron chi connectivity index (χ4n) is 1.29. The topological polar surface area (TPSA) is 9.23 Å². The van der Waals surface area contributed by atoms with E-state index in [0.717, 1.165) is 5.56 Å². The van der Waals surface area contributed by atoms with Crippen LogP contribution in [-0.4, -0.2) is 6.86 Å². The fourth-order valence-corrected chi connectivity index (χ4v) is 1.29. The van der Waals surface area contributed by atoms with Crippen molar-refractivity contribution < 1.29 is 13.5 Å². The summed E-state index contributed by atoms with van der Waals surface area (Å²) < 4.78 is 29.6. The first-order valence-electron chi connectivity index (χ1n) is 4.44. The van der Waals surface area contributed by atoms with Gasteiger partial charge in [0.15, 0.2) is 0 Å². The third-order valence-electron chi connectivity index (χ3n) is 1.96. The van der Waals surface area contributed by atoms with Crippen molar-refractivity contribution in [2.75, 3.05) is 6.86 Å². The number of alkyl halides is 1. The molecule has 0 aliphatic rings. The Morgan fingerprint density at radius 3 is 2.43 bits per heavy atom. The maximum Gasteiger partial charge on any atom is 0.228 e. The molecule has 0 aromatic heterocycles. The predicted molar refractivity (Wildman–Crippen MR) is 51.7 cm³/mol. The van der Waals surface area contributed by atoms with E-state index in [1.54, 1.807) is 6.07 Å². The molecule has 0 radical (unpaired) electrons. The molecule has 0 heterocycles. The Bertz CT molecular complexity index is 316. The highest BCUT2D eigenvalue weighted by molar-refractivity contribution is 5.38. The van der Waals surface area contributed by atoms with Crippen LogP contribution in [0.2, 0.25) is 0 Å². The number of rotatable bonds is 2. The maximum absolute atomic E-state index is 12.9. The van der Waals surface area contributed by atoms with Crippen LogP contribution >= 0.6 is 0 Å². The Morgan fingerprint density at radius 2 is 1.93 bits per heavy atom. The van der Waals surface area contributed by atoms with Gasteiger partial charge < -0.3 is 4.74 Å². The minimum absolute atomic E-state index is 0.182. The van der Waals surface area contributed by atoms with Crippen molar-refractivity contribution in [2.45, 2.75) is 26.2 Å². The van der Waals surface area contributed by atoms with Crippen molar-refractivity contribution in [3.8, 4) is 5.75 Å². The summed E-state index contributed by atoms with van der Waals surface area (Å²) in [5, 5.41) is 0. The zero-order valence-corrected chi connectivity index (χ0v) is 8.60. The van der Waals surface area contributed by atoms with E-state index in [-0.39, 0.29) is 11.2 Å². The molecule has 0 fully saturated rings. The molecule has 0 spiro atoms. The number of halogens is 2. The van der Waals surface area contributed by atoms with Gasteiger partial charge in [-0.2, -0.15) is 0 Å². The summed E-state index contributed by atoms with van der Waals surface area (Å²) in [5.41, 5.74) is 0.620. The monoisotopic (exact) mass is 200 g/mol. The van der Waals surface area contributed by atoms with Crippen LogP contribution in [0.25, 0.3) is 0 Å². The minimum atomic E-state index is -0.938. The van der Waals surface area contributed by atoms with Gasteiger partial charge in [0, 0.05) is 6.07 Å². The highest BCUT2D eigenvalue weighted by atomic mass is 19.1. The zero-order valence-electron chi connectivity index (χ0n) is 8.60. The van der Waals surface area contributed by atoms with Gasteiger partial charge in [0.1, 0.15) is 11.6 Å². The summed E-state index contributed by atoms with van der Waals surface area (Å²) in [6.07, 6.45) is 0.